The summed E-state index contributed by atoms with van der Waals surface area (Å²) in [4.78, 5) is 34.0. The van der Waals surface area contributed by atoms with Crippen LogP contribution in [0.15, 0.2) is 134 Å². The highest BCUT2D eigenvalue weighted by atomic mass is 16.4. The first-order valence-electron chi connectivity index (χ1n) is 13.2. The zero-order valence-electron chi connectivity index (χ0n) is 23.3. The van der Waals surface area contributed by atoms with E-state index in [1.807, 2.05) is 36.4 Å². The van der Waals surface area contributed by atoms with Crippen LogP contribution in [0.1, 0.15) is 10.4 Å². The first-order chi connectivity index (χ1) is 21.7. The molecule has 222 valence electrons. The van der Waals surface area contributed by atoms with Gasteiger partial charge in [-0.1, -0.05) is 30.3 Å². The number of anilines is 3. The lowest BCUT2D eigenvalue weighted by atomic mass is 10.0. The summed E-state index contributed by atoms with van der Waals surface area (Å²) in [6, 6.07) is 23.9. The van der Waals surface area contributed by atoms with E-state index < -0.39 is 17.7 Å². The minimum Gasteiger partial charge on any atom is -0.478 e. The summed E-state index contributed by atoms with van der Waals surface area (Å²) in [5.74, 6) is -2.96. The Kier molecular flexibility index (Phi) is 8.61. The van der Waals surface area contributed by atoms with Crippen LogP contribution in [0, 0.1) is 0 Å². The normalized spacial score (nSPS) is 13.8. The Hall–Kier alpha value is -6.76. The van der Waals surface area contributed by atoms with Gasteiger partial charge in [-0.3, -0.25) is 10.2 Å². The fraction of sp³-hybridized carbons (Fsp3) is 0. The van der Waals surface area contributed by atoms with E-state index in [0.29, 0.717) is 28.5 Å². The fourth-order valence-electron chi connectivity index (χ4n) is 4.08. The van der Waals surface area contributed by atoms with Crippen LogP contribution in [-0.2, 0) is 9.59 Å². The minimum atomic E-state index is -1.31. The van der Waals surface area contributed by atoms with Crippen molar-refractivity contribution in [3.8, 4) is 11.1 Å². The number of aromatic carboxylic acids is 1. The highest BCUT2D eigenvalue weighted by Crippen LogP contribution is 2.39. The molecular formula is C32H24N8O5. The molecule has 4 aromatic rings. The van der Waals surface area contributed by atoms with Gasteiger partial charge in [0.25, 0.3) is 0 Å². The summed E-state index contributed by atoms with van der Waals surface area (Å²) in [6.45, 7) is 0. The highest BCUT2D eigenvalue weighted by molar-refractivity contribution is 6.29. The number of carboxylic acid groups (broad SMARTS) is 2. The Morgan fingerprint density at radius 3 is 2.09 bits per heavy atom. The summed E-state index contributed by atoms with van der Waals surface area (Å²) in [5, 5.41) is 39.1. The van der Waals surface area contributed by atoms with Crippen LogP contribution in [0.4, 0.5) is 39.8 Å². The van der Waals surface area contributed by atoms with E-state index in [9.17, 15) is 19.5 Å². The molecule has 0 aliphatic heterocycles. The Balaban J connectivity index is 1.25. The molecule has 0 unspecified atom stereocenters. The molecule has 0 fully saturated rings. The van der Waals surface area contributed by atoms with Crippen LogP contribution >= 0.6 is 0 Å². The molecule has 13 nitrogen and oxygen atoms in total. The molecule has 4 aromatic carbocycles. The lowest BCUT2D eigenvalue weighted by Gasteiger charge is -2.07. The molecule has 1 aliphatic carbocycles. The summed E-state index contributed by atoms with van der Waals surface area (Å²) >= 11 is 0. The van der Waals surface area contributed by atoms with E-state index in [0.717, 1.165) is 17.2 Å². The van der Waals surface area contributed by atoms with Gasteiger partial charge in [-0.05, 0) is 84.0 Å². The molecule has 0 saturated heterocycles. The number of nitrogens with zero attached hydrogens (tertiary/aromatic N) is 5. The number of hydrogen-bond acceptors (Lipinski definition) is 11. The molecule has 0 heterocycles. The molecule has 0 amide bonds. The standard InChI is InChI=1S/C32H24N8O5/c33-26-13-14-27(29(34)30(26)40-38-23-3-1-2-20(16-23)31(42)43)39-36-22-10-6-19(7-11-22)18-4-8-21(9-5-18)35-37-24-12-15-28(41)25(17-24)32(44)45/h1-17,35H,33-34H2,(H,42,43)(H,44,45)/b37-24-,39-36?,40-38?. The lowest BCUT2D eigenvalue weighted by Crippen LogP contribution is -2.15. The summed E-state index contributed by atoms with van der Waals surface area (Å²) < 4.78 is 0. The van der Waals surface area contributed by atoms with Gasteiger partial charge in [-0.25, -0.2) is 9.59 Å². The molecule has 7 N–H and O–H groups in total. The number of ketones is 1. The van der Waals surface area contributed by atoms with Crippen molar-refractivity contribution in [1.29, 1.82) is 0 Å². The topological polar surface area (TPSA) is 218 Å². The average Bonchev–Trinajstić information content (AvgIpc) is 3.04. The number of nitrogens with two attached hydrogens (primary N) is 2. The van der Waals surface area contributed by atoms with Gasteiger partial charge in [0.2, 0.25) is 0 Å². The number of benzene rings is 4. The highest BCUT2D eigenvalue weighted by Gasteiger charge is 2.18. The maximum absolute atomic E-state index is 11.6. The van der Waals surface area contributed by atoms with Gasteiger partial charge in [0.15, 0.2) is 5.78 Å². The lowest BCUT2D eigenvalue weighted by molar-refractivity contribution is -0.134. The molecule has 13 heteroatoms. The summed E-state index contributed by atoms with van der Waals surface area (Å²) in [6.07, 6.45) is 3.81. The molecular weight excluding hydrogens is 576 g/mol. The largest absolute Gasteiger partial charge is 0.478 e. The Morgan fingerprint density at radius 2 is 1.40 bits per heavy atom. The SMILES string of the molecule is Nc1ccc(N=Nc2ccc(-c3ccc(N/N=C4/C=CC(=O)C(C(=O)O)=C4)cc3)cc2)c(N)c1N=Nc1cccc(C(=O)O)c1. The van der Waals surface area contributed by atoms with Crippen molar-refractivity contribution in [3.63, 3.8) is 0 Å². The molecule has 0 radical (unpaired) electrons. The summed E-state index contributed by atoms with van der Waals surface area (Å²) in [7, 11) is 0. The predicted octanol–water partition coefficient (Wildman–Crippen LogP) is 6.96. The maximum atomic E-state index is 11.6. The van der Waals surface area contributed by atoms with Gasteiger partial charge in [0.1, 0.15) is 16.9 Å². The van der Waals surface area contributed by atoms with Gasteiger partial charge in [0.05, 0.1) is 39.7 Å². The third kappa shape index (κ3) is 7.18. The second-order valence-electron chi connectivity index (χ2n) is 9.53. The second-order valence-corrected chi connectivity index (χ2v) is 9.53. The molecule has 0 atom stereocenters. The van der Waals surface area contributed by atoms with Crippen LogP contribution in [0.25, 0.3) is 11.1 Å². The Morgan fingerprint density at radius 1 is 0.711 bits per heavy atom. The van der Waals surface area contributed by atoms with Gasteiger partial charge >= 0.3 is 11.9 Å². The zero-order valence-corrected chi connectivity index (χ0v) is 23.3. The van der Waals surface area contributed by atoms with Gasteiger partial charge in [0, 0.05) is 0 Å². The quantitative estimate of drug-likeness (QED) is 0.0443. The molecule has 45 heavy (non-hydrogen) atoms. The number of azo groups is 2. The first kappa shape index (κ1) is 29.7. The van der Waals surface area contributed by atoms with Crippen molar-refractivity contribution < 1.29 is 24.6 Å². The number of aliphatic carboxylic acids is 1. The van der Waals surface area contributed by atoms with Crippen LogP contribution in [0.3, 0.4) is 0 Å². The molecule has 5 rings (SSSR count). The van der Waals surface area contributed by atoms with Crippen molar-refractivity contribution in [2.24, 2.45) is 25.6 Å². The zero-order chi connectivity index (χ0) is 31.9. The van der Waals surface area contributed by atoms with Crippen molar-refractivity contribution in [2.45, 2.75) is 0 Å². The number of nitrogens with one attached hydrogen (secondary N) is 1. The monoisotopic (exact) mass is 600 g/mol. The van der Waals surface area contributed by atoms with E-state index in [1.54, 1.807) is 36.4 Å². The molecule has 0 saturated carbocycles. The van der Waals surface area contributed by atoms with E-state index >= 15 is 0 Å². The molecule has 0 spiro atoms. The third-order valence-electron chi connectivity index (χ3n) is 6.45. The van der Waals surface area contributed by atoms with Crippen LogP contribution < -0.4 is 16.9 Å². The van der Waals surface area contributed by atoms with E-state index in [-0.39, 0.29) is 28.2 Å². The van der Waals surface area contributed by atoms with Crippen molar-refractivity contribution >= 4 is 63.2 Å². The number of allylic oxidation sites excluding steroid dienone is 3. The smallest absolute Gasteiger partial charge is 0.339 e. The van der Waals surface area contributed by atoms with Crippen LogP contribution in [0.5, 0.6) is 0 Å². The molecule has 1 aliphatic rings. The molecule has 0 bridgehead atoms. The number of rotatable bonds is 9. The Bertz CT molecular complexity index is 1960. The van der Waals surface area contributed by atoms with E-state index in [2.05, 4.69) is 31.0 Å². The fourth-order valence-corrected chi connectivity index (χ4v) is 4.08. The number of carboxylic acids is 2. The van der Waals surface area contributed by atoms with Gasteiger partial charge in [-0.15, -0.1) is 10.2 Å². The number of hydrogen-bond donors (Lipinski definition) is 5. The first-order valence-corrected chi connectivity index (χ1v) is 13.2. The number of carbonyl (C=O) groups excluding carboxylic acids is 1. The van der Waals surface area contributed by atoms with Crippen molar-refractivity contribution in [1.82, 2.24) is 0 Å². The number of nitrogen functional groups attached to an aromatic ring is 2. The number of hydrazone groups is 1. The average molecular weight is 601 g/mol. The Labute approximate surface area is 255 Å². The predicted molar refractivity (Wildman–Crippen MR) is 170 cm³/mol. The minimum absolute atomic E-state index is 0.0742. The second kappa shape index (κ2) is 13.0. The van der Waals surface area contributed by atoms with Crippen molar-refractivity contribution in [2.75, 3.05) is 16.9 Å². The van der Waals surface area contributed by atoms with Gasteiger partial charge in [-0.2, -0.15) is 15.3 Å². The summed E-state index contributed by atoms with van der Waals surface area (Å²) in [5.41, 5.74) is 19.6. The van der Waals surface area contributed by atoms with Crippen LogP contribution in [0.2, 0.25) is 0 Å². The maximum Gasteiger partial charge on any atom is 0.339 e. The van der Waals surface area contributed by atoms with Crippen molar-refractivity contribution in [3.05, 3.63) is 114 Å². The molecule has 0 aromatic heterocycles. The van der Waals surface area contributed by atoms with Gasteiger partial charge < -0.3 is 21.7 Å². The third-order valence-corrected chi connectivity index (χ3v) is 6.45. The van der Waals surface area contributed by atoms with Crippen LogP contribution in [-0.4, -0.2) is 33.6 Å². The number of carbonyl (C=O) groups is 3. The van der Waals surface area contributed by atoms with E-state index in [1.165, 1.54) is 24.3 Å². The van der Waals surface area contributed by atoms with E-state index in [4.69, 9.17) is 16.6 Å².